The summed E-state index contributed by atoms with van der Waals surface area (Å²) in [5, 5.41) is 4.37. The van der Waals surface area contributed by atoms with Gasteiger partial charge in [0.1, 0.15) is 5.82 Å². The molecular formula is C14H17N3O. The van der Waals surface area contributed by atoms with Crippen molar-refractivity contribution in [3.05, 3.63) is 35.9 Å². The van der Waals surface area contributed by atoms with Crippen LogP contribution in [0.15, 0.2) is 30.3 Å². The van der Waals surface area contributed by atoms with Crippen molar-refractivity contribution in [2.24, 2.45) is 7.05 Å². The number of aromatic nitrogens is 2. The minimum atomic E-state index is 0.549. The summed E-state index contributed by atoms with van der Waals surface area (Å²) in [5.74, 6) is 1.23. The maximum Gasteiger partial charge on any atom is 0.121 e. The summed E-state index contributed by atoms with van der Waals surface area (Å²) in [4.78, 5) is 0. The van der Waals surface area contributed by atoms with Crippen molar-refractivity contribution in [2.45, 2.75) is 12.3 Å². The monoisotopic (exact) mass is 243 g/mol. The van der Waals surface area contributed by atoms with Crippen molar-refractivity contribution >= 4 is 5.82 Å². The Balaban J connectivity index is 1.86. The Labute approximate surface area is 106 Å². The molecule has 2 N–H and O–H groups in total. The van der Waals surface area contributed by atoms with Crippen LogP contribution in [-0.2, 0) is 11.8 Å². The molecule has 0 radical (unpaired) electrons. The lowest BCUT2D eigenvalue weighted by Gasteiger charge is -2.08. The van der Waals surface area contributed by atoms with E-state index in [2.05, 4.69) is 29.4 Å². The molecule has 1 saturated heterocycles. The number of hydrogen-bond donors (Lipinski definition) is 1. The molecule has 1 fully saturated rings. The Kier molecular flexibility index (Phi) is 2.80. The number of nitrogens with two attached hydrogens (primary N) is 1. The Morgan fingerprint density at radius 3 is 2.67 bits per heavy atom. The van der Waals surface area contributed by atoms with Gasteiger partial charge < -0.3 is 10.5 Å². The molecule has 4 heteroatoms. The first kappa shape index (κ1) is 11.3. The van der Waals surface area contributed by atoms with Crippen molar-refractivity contribution in [2.75, 3.05) is 18.9 Å². The number of anilines is 1. The second-order valence-electron chi connectivity index (χ2n) is 4.76. The normalized spacial score (nSPS) is 19.3. The van der Waals surface area contributed by atoms with Gasteiger partial charge >= 0.3 is 0 Å². The van der Waals surface area contributed by atoms with Crippen LogP contribution < -0.4 is 5.73 Å². The lowest BCUT2D eigenvalue weighted by Crippen LogP contribution is -1.97. The van der Waals surface area contributed by atoms with Crippen molar-refractivity contribution < 1.29 is 4.74 Å². The van der Waals surface area contributed by atoms with Gasteiger partial charge in [0.25, 0.3) is 0 Å². The summed E-state index contributed by atoms with van der Waals surface area (Å²) < 4.78 is 7.10. The highest BCUT2D eigenvalue weighted by Crippen LogP contribution is 2.27. The van der Waals surface area contributed by atoms with Crippen LogP contribution in [-0.4, -0.2) is 23.0 Å². The van der Waals surface area contributed by atoms with Crippen LogP contribution in [0.4, 0.5) is 5.82 Å². The number of rotatable bonds is 2. The maximum absolute atomic E-state index is 5.79. The number of aryl methyl sites for hydroxylation is 1. The largest absolute Gasteiger partial charge is 0.384 e. The van der Waals surface area contributed by atoms with Gasteiger partial charge in [-0.25, -0.2) is 0 Å². The SMILES string of the molecule is Cn1nc(-c2ccc(C3CCOC3)cc2)cc1N. The Morgan fingerprint density at radius 1 is 1.33 bits per heavy atom. The first-order chi connectivity index (χ1) is 8.74. The first-order valence-electron chi connectivity index (χ1n) is 6.21. The predicted molar refractivity (Wildman–Crippen MR) is 71.2 cm³/mol. The second kappa shape index (κ2) is 4.46. The molecule has 2 heterocycles. The number of nitrogens with zero attached hydrogens (tertiary/aromatic N) is 2. The Bertz CT molecular complexity index is 519. The molecular weight excluding hydrogens is 226 g/mol. The summed E-state index contributed by atoms with van der Waals surface area (Å²) in [6.45, 7) is 1.72. The third-order valence-corrected chi connectivity index (χ3v) is 3.52. The van der Waals surface area contributed by atoms with E-state index in [1.54, 1.807) is 4.68 Å². The molecule has 0 spiro atoms. The van der Waals surface area contributed by atoms with Gasteiger partial charge in [0.2, 0.25) is 0 Å². The van der Waals surface area contributed by atoms with Gasteiger partial charge in [0.15, 0.2) is 0 Å². The van der Waals surface area contributed by atoms with Gasteiger partial charge in [-0.3, -0.25) is 4.68 Å². The summed E-state index contributed by atoms with van der Waals surface area (Å²) in [6, 6.07) is 10.4. The van der Waals surface area contributed by atoms with E-state index in [1.165, 1.54) is 5.56 Å². The van der Waals surface area contributed by atoms with Gasteiger partial charge in [0, 0.05) is 31.2 Å². The van der Waals surface area contributed by atoms with Gasteiger partial charge in [-0.15, -0.1) is 0 Å². The average Bonchev–Trinajstić information content (AvgIpc) is 3.01. The quantitative estimate of drug-likeness (QED) is 0.879. The second-order valence-corrected chi connectivity index (χ2v) is 4.76. The highest BCUT2D eigenvalue weighted by Gasteiger charge is 2.17. The van der Waals surface area contributed by atoms with Crippen LogP contribution in [0.3, 0.4) is 0 Å². The summed E-state index contributed by atoms with van der Waals surface area (Å²) in [6.07, 6.45) is 1.12. The number of ether oxygens (including phenoxy) is 1. The molecule has 4 nitrogen and oxygen atoms in total. The van der Waals surface area contributed by atoms with E-state index >= 15 is 0 Å². The predicted octanol–water partition coefficient (Wildman–Crippen LogP) is 2.17. The zero-order valence-corrected chi connectivity index (χ0v) is 10.5. The molecule has 0 bridgehead atoms. The van der Waals surface area contributed by atoms with Crippen molar-refractivity contribution in [3.63, 3.8) is 0 Å². The standard InChI is InChI=1S/C14H17N3O/c1-17-14(15)8-13(16-17)11-4-2-10(3-5-11)12-6-7-18-9-12/h2-5,8,12H,6-7,9,15H2,1H3. The van der Waals surface area contributed by atoms with E-state index in [0.29, 0.717) is 11.7 Å². The summed E-state index contributed by atoms with van der Waals surface area (Å²) in [5.41, 5.74) is 9.16. The third-order valence-electron chi connectivity index (χ3n) is 3.52. The molecule has 1 aliphatic rings. The van der Waals surface area contributed by atoms with E-state index in [9.17, 15) is 0 Å². The smallest absolute Gasteiger partial charge is 0.121 e. The zero-order chi connectivity index (χ0) is 12.5. The van der Waals surface area contributed by atoms with E-state index in [4.69, 9.17) is 10.5 Å². The molecule has 0 amide bonds. The van der Waals surface area contributed by atoms with Crippen LogP contribution in [0, 0.1) is 0 Å². The molecule has 1 unspecified atom stereocenters. The molecule has 1 aromatic heterocycles. The molecule has 0 aliphatic carbocycles. The fourth-order valence-corrected chi connectivity index (χ4v) is 2.35. The van der Waals surface area contributed by atoms with E-state index in [-0.39, 0.29) is 0 Å². The minimum Gasteiger partial charge on any atom is -0.384 e. The van der Waals surface area contributed by atoms with E-state index < -0.39 is 0 Å². The van der Waals surface area contributed by atoms with E-state index in [0.717, 1.165) is 30.9 Å². The molecule has 2 aromatic rings. The molecule has 18 heavy (non-hydrogen) atoms. The fourth-order valence-electron chi connectivity index (χ4n) is 2.35. The average molecular weight is 243 g/mol. The number of nitrogen functional groups attached to an aromatic ring is 1. The summed E-state index contributed by atoms with van der Waals surface area (Å²) >= 11 is 0. The van der Waals surface area contributed by atoms with Gasteiger partial charge in [-0.1, -0.05) is 24.3 Å². The first-order valence-corrected chi connectivity index (χ1v) is 6.21. The molecule has 94 valence electrons. The van der Waals surface area contributed by atoms with Crippen molar-refractivity contribution in [3.8, 4) is 11.3 Å². The van der Waals surface area contributed by atoms with E-state index in [1.807, 2.05) is 13.1 Å². The fraction of sp³-hybridized carbons (Fsp3) is 0.357. The van der Waals surface area contributed by atoms with Gasteiger partial charge in [-0.2, -0.15) is 5.10 Å². The lowest BCUT2D eigenvalue weighted by atomic mass is 9.97. The summed E-state index contributed by atoms with van der Waals surface area (Å²) in [7, 11) is 1.85. The number of benzene rings is 1. The molecule has 0 saturated carbocycles. The maximum atomic E-state index is 5.79. The van der Waals surface area contributed by atoms with Crippen LogP contribution in [0.2, 0.25) is 0 Å². The Morgan fingerprint density at radius 2 is 2.11 bits per heavy atom. The lowest BCUT2D eigenvalue weighted by molar-refractivity contribution is 0.194. The zero-order valence-electron chi connectivity index (χ0n) is 10.5. The van der Waals surface area contributed by atoms with Crippen molar-refractivity contribution in [1.29, 1.82) is 0 Å². The molecule has 1 aromatic carbocycles. The number of hydrogen-bond acceptors (Lipinski definition) is 3. The van der Waals surface area contributed by atoms with Crippen LogP contribution in [0.25, 0.3) is 11.3 Å². The highest BCUT2D eigenvalue weighted by atomic mass is 16.5. The van der Waals surface area contributed by atoms with Crippen LogP contribution >= 0.6 is 0 Å². The Hall–Kier alpha value is -1.81. The molecule has 3 rings (SSSR count). The minimum absolute atomic E-state index is 0.549. The van der Waals surface area contributed by atoms with Crippen molar-refractivity contribution in [1.82, 2.24) is 9.78 Å². The van der Waals surface area contributed by atoms with Crippen LogP contribution in [0.1, 0.15) is 17.9 Å². The highest BCUT2D eigenvalue weighted by molar-refractivity contribution is 5.62. The third kappa shape index (κ3) is 1.99. The molecule has 1 atom stereocenters. The molecule has 1 aliphatic heterocycles. The van der Waals surface area contributed by atoms with Gasteiger partial charge in [0.05, 0.1) is 12.3 Å². The van der Waals surface area contributed by atoms with Crippen LogP contribution in [0.5, 0.6) is 0 Å². The topological polar surface area (TPSA) is 53.1 Å². The van der Waals surface area contributed by atoms with Gasteiger partial charge in [-0.05, 0) is 12.0 Å².